The van der Waals surface area contributed by atoms with Crippen LogP contribution in [0.15, 0.2) is 66.7 Å². The topological polar surface area (TPSA) is 38.3 Å². The maximum Gasteiger partial charge on any atom is 0.258 e. The van der Waals surface area contributed by atoms with Gasteiger partial charge in [0.25, 0.3) is 5.91 Å². The van der Waals surface area contributed by atoms with E-state index >= 15 is 0 Å². The lowest BCUT2D eigenvalue weighted by molar-refractivity contribution is -0.123. The molecule has 3 aromatic rings. The normalized spacial score (nSPS) is 10.5. The summed E-state index contributed by atoms with van der Waals surface area (Å²) in [5, 5.41) is 5.53. The van der Waals surface area contributed by atoms with Gasteiger partial charge >= 0.3 is 0 Å². The molecule has 116 valence electrons. The van der Waals surface area contributed by atoms with Crippen molar-refractivity contribution in [3.05, 3.63) is 77.3 Å². The van der Waals surface area contributed by atoms with Crippen LogP contribution >= 0.6 is 11.6 Å². The molecule has 0 atom stereocenters. The third-order valence-corrected chi connectivity index (χ3v) is 3.91. The number of fused-ring (bicyclic) bond motifs is 1. The van der Waals surface area contributed by atoms with Crippen LogP contribution in [0.3, 0.4) is 0 Å². The molecule has 0 radical (unpaired) electrons. The maximum absolute atomic E-state index is 12.0. The van der Waals surface area contributed by atoms with Gasteiger partial charge in [-0.3, -0.25) is 4.79 Å². The fourth-order valence-corrected chi connectivity index (χ4v) is 2.55. The number of hydrogen-bond acceptors (Lipinski definition) is 2. The molecular weight excluding hydrogens is 310 g/mol. The van der Waals surface area contributed by atoms with Crippen LogP contribution in [-0.2, 0) is 11.3 Å². The van der Waals surface area contributed by atoms with Gasteiger partial charge in [0.05, 0.1) is 0 Å². The zero-order valence-corrected chi connectivity index (χ0v) is 13.2. The molecule has 4 heteroatoms. The molecule has 0 spiro atoms. The Morgan fingerprint density at radius 2 is 1.70 bits per heavy atom. The Bertz CT molecular complexity index is 827. The second-order valence-corrected chi connectivity index (χ2v) is 5.54. The van der Waals surface area contributed by atoms with Crippen molar-refractivity contribution in [2.24, 2.45) is 0 Å². The molecule has 0 aliphatic rings. The zero-order valence-electron chi connectivity index (χ0n) is 12.5. The number of nitrogens with one attached hydrogen (secondary N) is 1. The number of carbonyl (C=O) groups excluding carboxylic acids is 1. The van der Waals surface area contributed by atoms with E-state index in [1.54, 1.807) is 6.07 Å². The van der Waals surface area contributed by atoms with E-state index in [1.807, 2.05) is 60.7 Å². The van der Waals surface area contributed by atoms with Gasteiger partial charge in [0, 0.05) is 17.0 Å². The van der Waals surface area contributed by atoms with Gasteiger partial charge < -0.3 is 10.1 Å². The summed E-state index contributed by atoms with van der Waals surface area (Å²) in [5.74, 6) is 0.522. The van der Waals surface area contributed by atoms with E-state index < -0.39 is 0 Å². The molecular formula is C19H16ClNO2. The Morgan fingerprint density at radius 3 is 2.57 bits per heavy atom. The van der Waals surface area contributed by atoms with Gasteiger partial charge in [0.15, 0.2) is 6.61 Å². The lowest BCUT2D eigenvalue weighted by Gasteiger charge is -2.10. The Hall–Kier alpha value is -2.52. The number of ether oxygens (including phenoxy) is 1. The molecule has 1 N–H and O–H groups in total. The molecule has 0 aliphatic heterocycles. The minimum absolute atomic E-state index is 0.0293. The molecule has 0 heterocycles. The van der Waals surface area contributed by atoms with Crippen LogP contribution < -0.4 is 10.1 Å². The summed E-state index contributed by atoms with van der Waals surface area (Å²) >= 11 is 6.06. The molecule has 0 aliphatic carbocycles. The zero-order chi connectivity index (χ0) is 16.1. The molecule has 3 nitrogen and oxygen atoms in total. The average Bonchev–Trinajstić information content (AvgIpc) is 2.59. The highest BCUT2D eigenvalue weighted by atomic mass is 35.5. The molecule has 0 saturated carbocycles. The standard InChI is InChI=1S/C19H16ClNO2/c20-17-10-4-2-7-15(17)12-21-19(22)13-23-18-11-5-8-14-6-1-3-9-16(14)18/h1-11H,12-13H2,(H,21,22). The highest BCUT2D eigenvalue weighted by Gasteiger charge is 2.06. The van der Waals surface area contributed by atoms with E-state index in [4.69, 9.17) is 16.3 Å². The van der Waals surface area contributed by atoms with E-state index in [-0.39, 0.29) is 12.5 Å². The van der Waals surface area contributed by atoms with Gasteiger partial charge in [-0.25, -0.2) is 0 Å². The highest BCUT2D eigenvalue weighted by molar-refractivity contribution is 6.31. The van der Waals surface area contributed by atoms with E-state index in [1.165, 1.54) is 0 Å². The first-order valence-corrected chi connectivity index (χ1v) is 7.72. The molecule has 0 bridgehead atoms. The summed E-state index contributed by atoms with van der Waals surface area (Å²) in [7, 11) is 0. The summed E-state index contributed by atoms with van der Waals surface area (Å²) < 4.78 is 5.65. The molecule has 23 heavy (non-hydrogen) atoms. The third kappa shape index (κ3) is 3.82. The average molecular weight is 326 g/mol. The minimum Gasteiger partial charge on any atom is -0.483 e. The molecule has 0 unspecified atom stereocenters. The van der Waals surface area contributed by atoms with Crippen molar-refractivity contribution in [1.82, 2.24) is 5.32 Å². The van der Waals surface area contributed by atoms with E-state index in [2.05, 4.69) is 5.32 Å². The van der Waals surface area contributed by atoms with Crippen LogP contribution in [0.1, 0.15) is 5.56 Å². The molecule has 3 aromatic carbocycles. The van der Waals surface area contributed by atoms with Gasteiger partial charge in [-0.05, 0) is 23.1 Å². The summed E-state index contributed by atoms with van der Waals surface area (Å²) in [4.78, 5) is 12.0. The van der Waals surface area contributed by atoms with Crippen molar-refractivity contribution in [1.29, 1.82) is 0 Å². The lowest BCUT2D eigenvalue weighted by atomic mass is 10.1. The number of hydrogen-bond donors (Lipinski definition) is 1. The Labute approximate surface area is 139 Å². The lowest BCUT2D eigenvalue weighted by Crippen LogP contribution is -2.28. The van der Waals surface area contributed by atoms with Gasteiger partial charge in [0.2, 0.25) is 0 Å². The molecule has 0 aromatic heterocycles. The van der Waals surface area contributed by atoms with Crippen molar-refractivity contribution in [2.75, 3.05) is 6.61 Å². The van der Waals surface area contributed by atoms with E-state index in [9.17, 15) is 4.79 Å². The Kier molecular flexibility index (Phi) is 4.79. The highest BCUT2D eigenvalue weighted by Crippen LogP contribution is 2.24. The number of halogens is 1. The fourth-order valence-electron chi connectivity index (χ4n) is 2.35. The second kappa shape index (κ2) is 7.16. The predicted molar refractivity (Wildman–Crippen MR) is 92.7 cm³/mol. The van der Waals surface area contributed by atoms with Crippen molar-refractivity contribution < 1.29 is 9.53 Å². The van der Waals surface area contributed by atoms with Crippen LogP contribution in [0.5, 0.6) is 5.75 Å². The van der Waals surface area contributed by atoms with E-state index in [0.717, 1.165) is 16.3 Å². The van der Waals surface area contributed by atoms with Crippen molar-refractivity contribution in [3.8, 4) is 5.75 Å². The fraction of sp³-hybridized carbons (Fsp3) is 0.105. The molecule has 3 rings (SSSR count). The van der Waals surface area contributed by atoms with Crippen molar-refractivity contribution >= 4 is 28.3 Å². The summed E-state index contributed by atoms with van der Waals surface area (Å²) in [5.41, 5.74) is 0.882. The first-order chi connectivity index (χ1) is 11.2. The SMILES string of the molecule is O=C(COc1cccc2ccccc12)NCc1ccccc1Cl. The Morgan fingerprint density at radius 1 is 0.957 bits per heavy atom. The van der Waals surface area contributed by atoms with Crippen LogP contribution in [0.4, 0.5) is 0 Å². The van der Waals surface area contributed by atoms with Gasteiger partial charge in [-0.1, -0.05) is 66.2 Å². The van der Waals surface area contributed by atoms with Crippen LogP contribution in [0.25, 0.3) is 10.8 Å². The summed E-state index contributed by atoms with van der Waals surface area (Å²) in [6, 6.07) is 21.1. The first-order valence-electron chi connectivity index (χ1n) is 7.35. The maximum atomic E-state index is 12.0. The Balaban J connectivity index is 1.59. The number of carbonyl (C=O) groups is 1. The number of amides is 1. The summed E-state index contributed by atoms with van der Waals surface area (Å²) in [6.45, 7) is 0.357. The van der Waals surface area contributed by atoms with Crippen LogP contribution in [0.2, 0.25) is 5.02 Å². The number of rotatable bonds is 5. The quantitative estimate of drug-likeness (QED) is 0.764. The smallest absolute Gasteiger partial charge is 0.258 e. The van der Waals surface area contributed by atoms with Crippen LogP contribution in [-0.4, -0.2) is 12.5 Å². The third-order valence-electron chi connectivity index (χ3n) is 3.54. The monoisotopic (exact) mass is 325 g/mol. The largest absolute Gasteiger partial charge is 0.483 e. The van der Waals surface area contributed by atoms with Crippen LogP contribution in [0, 0.1) is 0 Å². The summed E-state index contributed by atoms with van der Waals surface area (Å²) in [6.07, 6.45) is 0. The predicted octanol–water partition coefficient (Wildman–Crippen LogP) is 4.19. The van der Waals surface area contributed by atoms with Gasteiger partial charge in [-0.2, -0.15) is 0 Å². The molecule has 0 fully saturated rings. The van der Waals surface area contributed by atoms with Crippen molar-refractivity contribution in [2.45, 2.75) is 6.54 Å². The second-order valence-electron chi connectivity index (χ2n) is 5.13. The van der Waals surface area contributed by atoms with E-state index in [0.29, 0.717) is 17.3 Å². The van der Waals surface area contributed by atoms with Gasteiger partial charge in [-0.15, -0.1) is 0 Å². The first kappa shape index (κ1) is 15.4. The molecule has 0 saturated heterocycles. The molecule has 1 amide bonds. The number of benzene rings is 3. The van der Waals surface area contributed by atoms with Crippen molar-refractivity contribution in [3.63, 3.8) is 0 Å². The minimum atomic E-state index is -0.183. The van der Waals surface area contributed by atoms with Gasteiger partial charge in [0.1, 0.15) is 5.75 Å².